The summed E-state index contributed by atoms with van der Waals surface area (Å²) >= 11 is 0. The first-order valence-corrected chi connectivity index (χ1v) is 7.76. The van der Waals surface area contributed by atoms with Crippen molar-refractivity contribution in [3.63, 3.8) is 0 Å². The molecule has 0 saturated carbocycles. The summed E-state index contributed by atoms with van der Waals surface area (Å²) < 4.78 is 5.36. The van der Waals surface area contributed by atoms with Crippen LogP contribution >= 0.6 is 0 Å². The predicted octanol–water partition coefficient (Wildman–Crippen LogP) is 3.18. The van der Waals surface area contributed by atoms with Crippen LogP contribution in [-0.2, 0) is 13.1 Å². The molecule has 0 saturated heterocycles. The lowest BCUT2D eigenvalue weighted by molar-refractivity contribution is 0.411. The van der Waals surface area contributed by atoms with Crippen molar-refractivity contribution in [1.29, 1.82) is 0 Å². The van der Waals surface area contributed by atoms with E-state index < -0.39 is 0 Å². The Morgan fingerprint density at radius 2 is 1.70 bits per heavy atom. The molecule has 4 heteroatoms. The molecule has 0 heterocycles. The van der Waals surface area contributed by atoms with Crippen LogP contribution in [0.25, 0.3) is 0 Å². The van der Waals surface area contributed by atoms with Crippen molar-refractivity contribution < 1.29 is 4.74 Å². The van der Waals surface area contributed by atoms with Crippen molar-refractivity contribution in [1.82, 2.24) is 10.6 Å². The zero-order valence-corrected chi connectivity index (χ0v) is 14.3. The first-order chi connectivity index (χ1) is 11.1. The molecule has 2 aromatic rings. The lowest BCUT2D eigenvalue weighted by Crippen LogP contribution is -2.36. The third-order valence-corrected chi connectivity index (χ3v) is 3.70. The van der Waals surface area contributed by atoms with E-state index in [0.717, 1.165) is 29.4 Å². The third kappa shape index (κ3) is 5.02. The van der Waals surface area contributed by atoms with Gasteiger partial charge < -0.3 is 15.4 Å². The van der Waals surface area contributed by atoms with Crippen molar-refractivity contribution in [2.45, 2.75) is 26.9 Å². The van der Waals surface area contributed by atoms with Gasteiger partial charge in [0.1, 0.15) is 5.75 Å². The van der Waals surface area contributed by atoms with Gasteiger partial charge in [-0.1, -0.05) is 42.0 Å². The van der Waals surface area contributed by atoms with E-state index in [1.54, 1.807) is 14.2 Å². The highest BCUT2D eigenvalue weighted by molar-refractivity contribution is 5.79. The summed E-state index contributed by atoms with van der Waals surface area (Å²) in [5.74, 6) is 1.69. The molecule has 2 rings (SSSR count). The van der Waals surface area contributed by atoms with Crippen molar-refractivity contribution in [2.24, 2.45) is 4.99 Å². The number of nitrogens with zero attached hydrogens (tertiary/aromatic N) is 1. The van der Waals surface area contributed by atoms with Gasteiger partial charge in [-0.15, -0.1) is 0 Å². The maximum Gasteiger partial charge on any atom is 0.191 e. The Bertz CT molecular complexity index is 680. The number of benzene rings is 2. The smallest absolute Gasteiger partial charge is 0.191 e. The van der Waals surface area contributed by atoms with Gasteiger partial charge in [0.25, 0.3) is 0 Å². The standard InChI is InChI=1S/C19H25N3O/c1-14-6-5-7-16(10-14)12-21-19(20-3)22-13-17-9-8-15(2)18(11-17)23-4/h5-11H,12-13H2,1-4H3,(H2,20,21,22). The monoisotopic (exact) mass is 311 g/mol. The van der Waals surface area contributed by atoms with E-state index in [9.17, 15) is 0 Å². The Hall–Kier alpha value is -2.49. The molecule has 0 aliphatic rings. The molecular weight excluding hydrogens is 286 g/mol. The fraction of sp³-hybridized carbons (Fsp3) is 0.316. The van der Waals surface area contributed by atoms with E-state index in [4.69, 9.17) is 4.74 Å². The maximum atomic E-state index is 5.36. The number of aliphatic imine (C=N–C) groups is 1. The third-order valence-electron chi connectivity index (χ3n) is 3.70. The van der Waals surface area contributed by atoms with E-state index in [0.29, 0.717) is 6.54 Å². The largest absolute Gasteiger partial charge is 0.496 e. The molecule has 23 heavy (non-hydrogen) atoms. The zero-order chi connectivity index (χ0) is 16.7. The summed E-state index contributed by atoms with van der Waals surface area (Å²) in [6.45, 7) is 5.59. The number of guanidine groups is 1. The van der Waals surface area contributed by atoms with Gasteiger partial charge in [-0.2, -0.15) is 0 Å². The van der Waals surface area contributed by atoms with Gasteiger partial charge in [0, 0.05) is 20.1 Å². The molecule has 0 aliphatic heterocycles. The number of hydrogen-bond donors (Lipinski definition) is 2. The Labute approximate surface area is 138 Å². The summed E-state index contributed by atoms with van der Waals surface area (Å²) in [6, 6.07) is 14.7. The molecule has 122 valence electrons. The molecule has 0 unspecified atom stereocenters. The summed E-state index contributed by atoms with van der Waals surface area (Å²) in [5, 5.41) is 6.66. The van der Waals surface area contributed by atoms with Gasteiger partial charge in [-0.05, 0) is 36.6 Å². The predicted molar refractivity (Wildman–Crippen MR) is 95.9 cm³/mol. The second kappa shape index (κ2) is 8.22. The Kier molecular flexibility index (Phi) is 6.03. The van der Waals surface area contributed by atoms with Crippen LogP contribution in [-0.4, -0.2) is 20.1 Å². The van der Waals surface area contributed by atoms with Gasteiger partial charge in [0.15, 0.2) is 5.96 Å². The number of aryl methyl sites for hydroxylation is 2. The highest BCUT2D eigenvalue weighted by atomic mass is 16.5. The van der Waals surface area contributed by atoms with Gasteiger partial charge in [0.2, 0.25) is 0 Å². The molecule has 0 fully saturated rings. The highest BCUT2D eigenvalue weighted by Crippen LogP contribution is 2.18. The molecule has 0 aromatic heterocycles. The summed E-state index contributed by atoms with van der Waals surface area (Å²) in [4.78, 5) is 4.26. The Balaban J connectivity index is 1.90. The van der Waals surface area contributed by atoms with Crippen LogP contribution in [0, 0.1) is 13.8 Å². The van der Waals surface area contributed by atoms with Gasteiger partial charge in [0.05, 0.1) is 7.11 Å². The second-order valence-electron chi connectivity index (χ2n) is 5.57. The van der Waals surface area contributed by atoms with Gasteiger partial charge >= 0.3 is 0 Å². The van der Waals surface area contributed by atoms with Gasteiger partial charge in [-0.25, -0.2) is 0 Å². The average Bonchev–Trinajstić information content (AvgIpc) is 2.56. The minimum absolute atomic E-state index is 0.699. The number of hydrogen-bond acceptors (Lipinski definition) is 2. The van der Waals surface area contributed by atoms with E-state index in [1.165, 1.54) is 11.1 Å². The average molecular weight is 311 g/mol. The molecular formula is C19H25N3O. The van der Waals surface area contributed by atoms with E-state index in [2.05, 4.69) is 65.0 Å². The topological polar surface area (TPSA) is 45.7 Å². The van der Waals surface area contributed by atoms with Crippen molar-refractivity contribution >= 4 is 5.96 Å². The normalized spacial score (nSPS) is 11.2. The van der Waals surface area contributed by atoms with Crippen LogP contribution in [0.4, 0.5) is 0 Å². The Morgan fingerprint density at radius 3 is 2.30 bits per heavy atom. The molecule has 0 amide bonds. The first kappa shape index (κ1) is 16.9. The molecule has 2 N–H and O–H groups in total. The molecule has 0 atom stereocenters. The maximum absolute atomic E-state index is 5.36. The molecule has 0 bridgehead atoms. The van der Waals surface area contributed by atoms with E-state index in [-0.39, 0.29) is 0 Å². The lowest BCUT2D eigenvalue weighted by Gasteiger charge is -2.13. The van der Waals surface area contributed by atoms with E-state index in [1.807, 2.05) is 6.92 Å². The van der Waals surface area contributed by atoms with Crippen LogP contribution in [0.3, 0.4) is 0 Å². The number of rotatable bonds is 5. The summed E-state index contributed by atoms with van der Waals surface area (Å²) in [7, 11) is 3.48. The van der Waals surface area contributed by atoms with Crippen LogP contribution in [0.5, 0.6) is 5.75 Å². The first-order valence-electron chi connectivity index (χ1n) is 7.76. The second-order valence-corrected chi connectivity index (χ2v) is 5.57. The van der Waals surface area contributed by atoms with Crippen molar-refractivity contribution in [3.8, 4) is 5.75 Å². The van der Waals surface area contributed by atoms with Gasteiger partial charge in [-0.3, -0.25) is 4.99 Å². The molecule has 0 radical (unpaired) electrons. The number of ether oxygens (including phenoxy) is 1. The molecule has 4 nitrogen and oxygen atoms in total. The minimum Gasteiger partial charge on any atom is -0.496 e. The number of methoxy groups -OCH3 is 1. The molecule has 0 aliphatic carbocycles. The highest BCUT2D eigenvalue weighted by Gasteiger charge is 2.02. The number of nitrogens with one attached hydrogen (secondary N) is 2. The van der Waals surface area contributed by atoms with Crippen molar-refractivity contribution in [2.75, 3.05) is 14.2 Å². The summed E-state index contributed by atoms with van der Waals surface area (Å²) in [6.07, 6.45) is 0. The van der Waals surface area contributed by atoms with E-state index >= 15 is 0 Å². The Morgan fingerprint density at radius 1 is 1.00 bits per heavy atom. The van der Waals surface area contributed by atoms with Crippen LogP contribution < -0.4 is 15.4 Å². The van der Waals surface area contributed by atoms with Crippen molar-refractivity contribution in [3.05, 3.63) is 64.7 Å². The SMILES string of the molecule is CN=C(NCc1cccc(C)c1)NCc1ccc(C)c(OC)c1. The summed E-state index contributed by atoms with van der Waals surface area (Å²) in [5.41, 5.74) is 4.80. The fourth-order valence-electron chi connectivity index (χ4n) is 2.39. The lowest BCUT2D eigenvalue weighted by atomic mass is 10.1. The molecule has 2 aromatic carbocycles. The quantitative estimate of drug-likeness (QED) is 0.658. The van der Waals surface area contributed by atoms with Crippen LogP contribution in [0.2, 0.25) is 0 Å². The zero-order valence-electron chi connectivity index (χ0n) is 14.3. The van der Waals surface area contributed by atoms with Crippen LogP contribution in [0.1, 0.15) is 22.3 Å². The fourth-order valence-corrected chi connectivity index (χ4v) is 2.39. The minimum atomic E-state index is 0.699. The molecule has 0 spiro atoms. The van der Waals surface area contributed by atoms with Crippen LogP contribution in [0.15, 0.2) is 47.5 Å².